The summed E-state index contributed by atoms with van der Waals surface area (Å²) >= 11 is 0. The first kappa shape index (κ1) is 23.6. The number of carbonyl (C=O) groups excluding carboxylic acids is 4. The molecule has 1 N–H and O–H groups in total. The lowest BCUT2D eigenvalue weighted by atomic mass is 9.76. The van der Waals surface area contributed by atoms with Gasteiger partial charge in [-0.1, -0.05) is 30.3 Å². The van der Waals surface area contributed by atoms with E-state index >= 15 is 0 Å². The third-order valence-electron chi connectivity index (χ3n) is 8.00. The lowest BCUT2D eigenvalue weighted by molar-refractivity contribution is -0.136. The van der Waals surface area contributed by atoms with Gasteiger partial charge in [-0.25, -0.2) is 4.90 Å². The standard InChI is InChI=1S/C27H28N4O6/c1-16-22-23(25(34)31(24(22)33)19-9-5-6-10-20(19)36-2)27(28-16)17-7-3-4-8-18(17)30(26(27)35)15-21(32)29-11-13-37-14-12-29/h3-10,16,22-23,28H,11-15H2,1-2H3/t16-,22+,23+,27+/m1/s1. The third-order valence-corrected chi connectivity index (χ3v) is 8.00. The summed E-state index contributed by atoms with van der Waals surface area (Å²) in [5.74, 6) is -2.71. The quantitative estimate of drug-likeness (QED) is 0.616. The minimum Gasteiger partial charge on any atom is -0.495 e. The van der Waals surface area contributed by atoms with E-state index in [1.165, 1.54) is 12.0 Å². The van der Waals surface area contributed by atoms with Gasteiger partial charge in [0, 0.05) is 30.4 Å². The molecule has 2 aromatic rings. The van der Waals surface area contributed by atoms with Crippen LogP contribution in [0.15, 0.2) is 48.5 Å². The zero-order valence-electron chi connectivity index (χ0n) is 20.7. The van der Waals surface area contributed by atoms with Gasteiger partial charge < -0.3 is 19.3 Å². The minimum atomic E-state index is -1.45. The van der Waals surface area contributed by atoms with E-state index in [0.717, 1.165) is 4.90 Å². The van der Waals surface area contributed by atoms with E-state index in [2.05, 4.69) is 5.32 Å². The molecule has 0 aliphatic carbocycles. The molecule has 0 unspecified atom stereocenters. The number of ether oxygens (including phenoxy) is 2. The smallest absolute Gasteiger partial charge is 0.253 e. The van der Waals surface area contributed by atoms with Gasteiger partial charge in [-0.15, -0.1) is 0 Å². The van der Waals surface area contributed by atoms with Crippen LogP contribution in [-0.2, 0) is 29.5 Å². The molecule has 1 spiro atoms. The van der Waals surface area contributed by atoms with Crippen molar-refractivity contribution in [3.05, 3.63) is 54.1 Å². The van der Waals surface area contributed by atoms with Crippen molar-refractivity contribution in [1.29, 1.82) is 0 Å². The average Bonchev–Trinajstić information content (AvgIpc) is 3.47. The highest BCUT2D eigenvalue weighted by molar-refractivity contribution is 6.26. The van der Waals surface area contributed by atoms with Gasteiger partial charge in [0.15, 0.2) is 0 Å². The van der Waals surface area contributed by atoms with Gasteiger partial charge in [0.05, 0.1) is 37.8 Å². The lowest BCUT2D eigenvalue weighted by Crippen LogP contribution is -2.56. The van der Waals surface area contributed by atoms with E-state index < -0.39 is 35.2 Å². The molecule has 0 saturated carbocycles. The molecule has 4 amide bonds. The molecule has 4 heterocycles. The molecule has 4 atom stereocenters. The number of nitrogens with one attached hydrogen (secondary N) is 1. The van der Waals surface area contributed by atoms with Gasteiger partial charge in [-0.3, -0.25) is 24.5 Å². The first-order valence-corrected chi connectivity index (χ1v) is 12.5. The predicted octanol–water partition coefficient (Wildman–Crippen LogP) is 0.893. The van der Waals surface area contributed by atoms with Crippen LogP contribution in [0, 0.1) is 11.8 Å². The fourth-order valence-corrected chi connectivity index (χ4v) is 6.37. The highest BCUT2D eigenvalue weighted by Gasteiger charge is 2.71. The summed E-state index contributed by atoms with van der Waals surface area (Å²) in [6.07, 6.45) is 0. The minimum absolute atomic E-state index is 0.149. The number of methoxy groups -OCH3 is 1. The zero-order chi connectivity index (χ0) is 25.9. The van der Waals surface area contributed by atoms with Crippen molar-refractivity contribution in [3.63, 3.8) is 0 Å². The van der Waals surface area contributed by atoms with Crippen LogP contribution < -0.4 is 19.9 Å². The van der Waals surface area contributed by atoms with Crippen molar-refractivity contribution in [2.75, 3.05) is 49.8 Å². The second-order valence-electron chi connectivity index (χ2n) is 9.83. The summed E-state index contributed by atoms with van der Waals surface area (Å²) in [6, 6.07) is 13.6. The monoisotopic (exact) mass is 504 g/mol. The van der Waals surface area contributed by atoms with Crippen LogP contribution in [0.25, 0.3) is 0 Å². The molecule has 6 rings (SSSR count). The SMILES string of the molecule is COc1ccccc1N1C(=O)[C@@H]2[C@@H](C1=O)[C@]1(N[C@@H]2C)C(=O)N(CC(=O)N2CCOCC2)c2ccccc21. The Balaban J connectivity index is 1.41. The molecule has 2 aromatic carbocycles. The van der Waals surface area contributed by atoms with Crippen molar-refractivity contribution in [2.45, 2.75) is 18.5 Å². The summed E-state index contributed by atoms with van der Waals surface area (Å²) < 4.78 is 10.8. The maximum atomic E-state index is 14.3. The largest absolute Gasteiger partial charge is 0.495 e. The van der Waals surface area contributed by atoms with E-state index in [1.807, 2.05) is 6.92 Å². The van der Waals surface area contributed by atoms with Crippen LogP contribution in [0.4, 0.5) is 11.4 Å². The number of nitrogens with zero attached hydrogens (tertiary/aromatic N) is 3. The van der Waals surface area contributed by atoms with Gasteiger partial charge in [0.1, 0.15) is 17.8 Å². The number of fused-ring (bicyclic) bond motifs is 4. The second kappa shape index (κ2) is 8.67. The molecule has 10 heteroatoms. The summed E-state index contributed by atoms with van der Waals surface area (Å²) in [5.41, 5.74) is 0.0904. The molecule has 4 aliphatic rings. The molecule has 4 aliphatic heterocycles. The highest BCUT2D eigenvalue weighted by atomic mass is 16.5. The zero-order valence-corrected chi connectivity index (χ0v) is 20.7. The average molecular weight is 505 g/mol. The van der Waals surface area contributed by atoms with Crippen LogP contribution in [0.5, 0.6) is 5.75 Å². The Bertz CT molecular complexity index is 1310. The number of carbonyl (C=O) groups is 4. The fourth-order valence-electron chi connectivity index (χ4n) is 6.37. The maximum Gasteiger partial charge on any atom is 0.253 e. The normalized spacial score (nSPS) is 28.8. The second-order valence-corrected chi connectivity index (χ2v) is 9.83. The van der Waals surface area contributed by atoms with Crippen molar-refractivity contribution < 1.29 is 28.7 Å². The van der Waals surface area contributed by atoms with Gasteiger partial charge in [-0.05, 0) is 25.1 Å². The maximum absolute atomic E-state index is 14.3. The summed E-state index contributed by atoms with van der Waals surface area (Å²) in [5, 5.41) is 3.35. The van der Waals surface area contributed by atoms with Gasteiger partial charge in [-0.2, -0.15) is 0 Å². The number of para-hydroxylation sites is 3. The Kier molecular flexibility index (Phi) is 5.54. The number of imide groups is 1. The molecular weight excluding hydrogens is 476 g/mol. The summed E-state index contributed by atoms with van der Waals surface area (Å²) in [7, 11) is 1.48. The van der Waals surface area contributed by atoms with E-state index in [-0.39, 0.29) is 18.4 Å². The molecule has 0 aromatic heterocycles. The van der Waals surface area contributed by atoms with Crippen LogP contribution in [0.2, 0.25) is 0 Å². The Morgan fingerprint density at radius 2 is 1.70 bits per heavy atom. The van der Waals surface area contributed by atoms with Crippen LogP contribution in [0.1, 0.15) is 12.5 Å². The van der Waals surface area contributed by atoms with Crippen molar-refractivity contribution in [3.8, 4) is 5.75 Å². The van der Waals surface area contributed by atoms with Crippen molar-refractivity contribution >= 4 is 35.0 Å². The highest BCUT2D eigenvalue weighted by Crippen LogP contribution is 2.55. The molecule has 3 saturated heterocycles. The first-order chi connectivity index (χ1) is 17.9. The Morgan fingerprint density at radius 1 is 1.03 bits per heavy atom. The molecule has 3 fully saturated rings. The van der Waals surface area contributed by atoms with Gasteiger partial charge in [0.2, 0.25) is 17.7 Å². The van der Waals surface area contributed by atoms with Crippen LogP contribution in [-0.4, -0.2) is 74.5 Å². The van der Waals surface area contributed by atoms with E-state index in [0.29, 0.717) is 49.0 Å². The summed E-state index contributed by atoms with van der Waals surface area (Å²) in [6.45, 7) is 3.52. The molecular formula is C27H28N4O6. The third kappa shape index (κ3) is 3.25. The van der Waals surface area contributed by atoms with Crippen molar-refractivity contribution in [1.82, 2.24) is 10.2 Å². The predicted molar refractivity (Wildman–Crippen MR) is 133 cm³/mol. The number of amides is 4. The van der Waals surface area contributed by atoms with Crippen LogP contribution >= 0.6 is 0 Å². The number of rotatable bonds is 4. The Labute approximate surface area is 214 Å². The molecule has 37 heavy (non-hydrogen) atoms. The van der Waals surface area contributed by atoms with E-state index in [1.54, 1.807) is 53.4 Å². The van der Waals surface area contributed by atoms with Crippen molar-refractivity contribution in [2.24, 2.45) is 11.8 Å². The Morgan fingerprint density at radius 3 is 2.43 bits per heavy atom. The lowest BCUT2D eigenvalue weighted by Gasteiger charge is -2.31. The topological polar surface area (TPSA) is 108 Å². The first-order valence-electron chi connectivity index (χ1n) is 12.5. The van der Waals surface area contributed by atoms with Crippen LogP contribution in [0.3, 0.4) is 0 Å². The molecule has 0 bridgehead atoms. The molecule has 0 radical (unpaired) electrons. The van der Waals surface area contributed by atoms with Gasteiger partial charge >= 0.3 is 0 Å². The van der Waals surface area contributed by atoms with E-state index in [9.17, 15) is 19.2 Å². The summed E-state index contributed by atoms with van der Waals surface area (Å²) in [4.78, 5) is 59.5. The number of benzene rings is 2. The number of anilines is 2. The number of hydrogen-bond donors (Lipinski definition) is 1. The molecule has 10 nitrogen and oxygen atoms in total. The number of morpholine rings is 1. The van der Waals surface area contributed by atoms with E-state index in [4.69, 9.17) is 9.47 Å². The molecule has 192 valence electrons. The van der Waals surface area contributed by atoms with Gasteiger partial charge in [0.25, 0.3) is 5.91 Å². The number of hydrogen-bond acceptors (Lipinski definition) is 7. The fraction of sp³-hybridized carbons (Fsp3) is 0.407. The Hall–Kier alpha value is -3.76.